The first-order chi connectivity index (χ1) is 16.2. The fourth-order valence-electron chi connectivity index (χ4n) is 3.73. The molecule has 10 nitrogen and oxygen atoms in total. The third kappa shape index (κ3) is 4.94. The zero-order valence-electron chi connectivity index (χ0n) is 17.5. The van der Waals surface area contributed by atoms with Crippen molar-refractivity contribution in [3.63, 3.8) is 0 Å². The van der Waals surface area contributed by atoms with Crippen LogP contribution in [-0.4, -0.2) is 39.4 Å². The Bertz CT molecular complexity index is 1140. The average Bonchev–Trinajstić information content (AvgIpc) is 3.39. The molecule has 12 heteroatoms. The molecule has 5 rings (SSSR count). The summed E-state index contributed by atoms with van der Waals surface area (Å²) in [7, 11) is 0. The van der Waals surface area contributed by atoms with Crippen LogP contribution in [0.5, 0.6) is 5.75 Å². The highest BCUT2D eigenvalue weighted by Gasteiger charge is 2.24. The van der Waals surface area contributed by atoms with E-state index in [0.29, 0.717) is 22.4 Å². The molecule has 2 N–H and O–H groups in total. The van der Waals surface area contributed by atoms with Crippen molar-refractivity contribution in [2.45, 2.75) is 25.4 Å². The maximum absolute atomic E-state index is 14.5. The number of hydrazine groups is 2. The average molecular weight is 470 g/mol. The van der Waals surface area contributed by atoms with Crippen molar-refractivity contribution < 1.29 is 9.13 Å². The maximum Gasteiger partial charge on any atom is 0.225 e. The van der Waals surface area contributed by atoms with Crippen LogP contribution >= 0.6 is 11.6 Å². The first-order valence-electron chi connectivity index (χ1n) is 10.5. The van der Waals surface area contributed by atoms with Crippen LogP contribution < -0.4 is 25.7 Å². The summed E-state index contributed by atoms with van der Waals surface area (Å²) >= 11 is 5.87. The second kappa shape index (κ2) is 9.51. The number of anilines is 2. The fourth-order valence-corrected chi connectivity index (χ4v) is 3.83. The molecule has 0 amide bonds. The van der Waals surface area contributed by atoms with Gasteiger partial charge in [0.2, 0.25) is 5.95 Å². The number of hydrogen-bond acceptors (Lipinski definition) is 10. The first-order valence-corrected chi connectivity index (χ1v) is 10.8. The number of aromatic nitrogens is 4. The van der Waals surface area contributed by atoms with E-state index in [9.17, 15) is 4.39 Å². The van der Waals surface area contributed by atoms with E-state index >= 15 is 0 Å². The summed E-state index contributed by atoms with van der Waals surface area (Å²) in [5.74, 6) is 1.36. The second-order valence-electron chi connectivity index (χ2n) is 7.61. The summed E-state index contributed by atoms with van der Waals surface area (Å²) in [4.78, 5) is 19.8. The van der Waals surface area contributed by atoms with Crippen LogP contribution in [0, 0.1) is 5.82 Å². The Hall–Kier alpha value is -3.57. The number of nitrogens with one attached hydrogen (secondary N) is 2. The topological polar surface area (TPSA) is 104 Å². The Labute approximate surface area is 194 Å². The smallest absolute Gasteiger partial charge is 0.225 e. The molecule has 0 aliphatic carbocycles. The van der Waals surface area contributed by atoms with Crippen LogP contribution in [0.3, 0.4) is 0 Å². The van der Waals surface area contributed by atoms with Gasteiger partial charge in [0, 0.05) is 31.3 Å². The van der Waals surface area contributed by atoms with E-state index < -0.39 is 5.82 Å². The minimum absolute atomic E-state index is 0.147. The normalized spacial score (nSPS) is 16.2. The zero-order chi connectivity index (χ0) is 22.6. The number of halogens is 2. The molecule has 3 aromatic rings. The predicted molar refractivity (Wildman–Crippen MR) is 121 cm³/mol. The summed E-state index contributed by atoms with van der Waals surface area (Å²) in [5, 5.41) is 5.87. The summed E-state index contributed by atoms with van der Waals surface area (Å²) < 4.78 is 20.2. The molecule has 0 bridgehead atoms. The van der Waals surface area contributed by atoms with Gasteiger partial charge >= 0.3 is 0 Å². The standard InChI is InChI=1S/C21H21ClFN9O/c22-15-10-25-21(26-11-15)31-7-4-14(5-8-31)20-24-6-3-16(28-20)12-33-19-2-1-17(9-18(19)23)32-13-27-29-30-32/h1-3,6,9-11,13-14,29-30H,4-5,7-8,12H2. The van der Waals surface area contributed by atoms with Gasteiger partial charge in [-0.15, -0.1) is 5.53 Å². The molecule has 0 spiro atoms. The molecule has 2 aromatic heterocycles. The van der Waals surface area contributed by atoms with Crippen molar-refractivity contribution in [1.82, 2.24) is 31.0 Å². The lowest BCUT2D eigenvalue weighted by molar-refractivity contribution is 0.285. The molecule has 1 saturated heterocycles. The van der Waals surface area contributed by atoms with Crippen molar-refractivity contribution in [2.24, 2.45) is 5.10 Å². The van der Waals surface area contributed by atoms with E-state index in [1.807, 2.05) is 0 Å². The van der Waals surface area contributed by atoms with Gasteiger partial charge in [-0.25, -0.2) is 34.9 Å². The van der Waals surface area contributed by atoms with Crippen molar-refractivity contribution in [3.05, 3.63) is 65.2 Å². The lowest BCUT2D eigenvalue weighted by Gasteiger charge is -2.31. The third-order valence-electron chi connectivity index (χ3n) is 5.46. The lowest BCUT2D eigenvalue weighted by Crippen LogP contribution is -2.37. The van der Waals surface area contributed by atoms with E-state index in [2.05, 4.69) is 41.0 Å². The van der Waals surface area contributed by atoms with Crippen molar-refractivity contribution in [3.8, 4) is 5.75 Å². The highest BCUT2D eigenvalue weighted by molar-refractivity contribution is 6.30. The summed E-state index contributed by atoms with van der Waals surface area (Å²) in [6.07, 6.45) is 8.21. The van der Waals surface area contributed by atoms with Gasteiger partial charge in [-0.1, -0.05) is 11.6 Å². The third-order valence-corrected chi connectivity index (χ3v) is 5.65. The fraction of sp³-hybridized carbons (Fsp3) is 0.286. The quantitative estimate of drug-likeness (QED) is 0.563. The van der Waals surface area contributed by atoms with Crippen LogP contribution in [0.4, 0.5) is 16.0 Å². The van der Waals surface area contributed by atoms with E-state index in [-0.39, 0.29) is 18.3 Å². The van der Waals surface area contributed by atoms with E-state index in [0.717, 1.165) is 31.8 Å². The van der Waals surface area contributed by atoms with Gasteiger partial charge in [0.05, 0.1) is 28.8 Å². The summed E-state index contributed by atoms with van der Waals surface area (Å²) in [6, 6.07) is 6.46. The highest BCUT2D eigenvalue weighted by atomic mass is 35.5. The molecule has 2 aliphatic heterocycles. The van der Waals surface area contributed by atoms with Gasteiger partial charge in [0.15, 0.2) is 11.6 Å². The molecule has 170 valence electrons. The predicted octanol–water partition coefficient (Wildman–Crippen LogP) is 2.79. The zero-order valence-corrected chi connectivity index (χ0v) is 18.3. The molecule has 0 radical (unpaired) electrons. The Kier molecular flexibility index (Phi) is 6.13. The largest absolute Gasteiger partial charge is 0.484 e. The van der Waals surface area contributed by atoms with Crippen molar-refractivity contribution in [2.75, 3.05) is 23.0 Å². The van der Waals surface area contributed by atoms with Gasteiger partial charge in [-0.05, 0) is 31.0 Å². The van der Waals surface area contributed by atoms with Gasteiger partial charge in [-0.3, -0.25) is 0 Å². The van der Waals surface area contributed by atoms with E-state index in [4.69, 9.17) is 16.3 Å². The van der Waals surface area contributed by atoms with Gasteiger partial charge < -0.3 is 9.64 Å². The van der Waals surface area contributed by atoms with E-state index in [1.54, 1.807) is 41.8 Å². The molecule has 0 saturated carbocycles. The van der Waals surface area contributed by atoms with Crippen LogP contribution in [0.25, 0.3) is 0 Å². The molecular formula is C21H21ClFN9O. The van der Waals surface area contributed by atoms with Crippen molar-refractivity contribution >= 4 is 29.6 Å². The van der Waals surface area contributed by atoms with Crippen LogP contribution in [-0.2, 0) is 6.61 Å². The first kappa shape index (κ1) is 21.3. The minimum Gasteiger partial charge on any atom is -0.484 e. The second-order valence-corrected chi connectivity index (χ2v) is 8.05. The number of piperidine rings is 1. The number of hydrazone groups is 1. The van der Waals surface area contributed by atoms with Crippen LogP contribution in [0.15, 0.2) is 48.0 Å². The number of benzene rings is 1. The monoisotopic (exact) mass is 469 g/mol. The molecular weight excluding hydrogens is 449 g/mol. The minimum atomic E-state index is -0.472. The molecule has 0 unspecified atom stereocenters. The van der Waals surface area contributed by atoms with Crippen LogP contribution in [0.1, 0.15) is 30.3 Å². The Balaban J connectivity index is 1.18. The SMILES string of the molecule is Fc1cc(N2C=NNN2)ccc1OCc1ccnc(C2CCN(c3ncc(Cl)cn3)CC2)n1. The van der Waals surface area contributed by atoms with Gasteiger partial charge in [-0.2, -0.15) is 5.10 Å². The molecule has 33 heavy (non-hydrogen) atoms. The molecule has 2 aliphatic rings. The van der Waals surface area contributed by atoms with E-state index in [1.165, 1.54) is 12.4 Å². The summed E-state index contributed by atoms with van der Waals surface area (Å²) in [5.41, 5.74) is 6.60. The number of nitrogens with zero attached hydrogens (tertiary/aromatic N) is 7. The number of hydrogen-bond donors (Lipinski definition) is 2. The summed E-state index contributed by atoms with van der Waals surface area (Å²) in [6.45, 7) is 1.76. The van der Waals surface area contributed by atoms with Gasteiger partial charge in [0.1, 0.15) is 18.8 Å². The number of rotatable bonds is 6. The Morgan fingerprint density at radius 2 is 1.94 bits per heavy atom. The lowest BCUT2D eigenvalue weighted by atomic mass is 9.96. The molecule has 1 fully saturated rings. The van der Waals surface area contributed by atoms with Gasteiger partial charge in [0.25, 0.3) is 0 Å². The number of ether oxygens (including phenoxy) is 1. The van der Waals surface area contributed by atoms with Crippen LogP contribution in [0.2, 0.25) is 5.02 Å². The maximum atomic E-state index is 14.5. The highest BCUT2D eigenvalue weighted by Crippen LogP contribution is 2.28. The molecule has 1 aromatic carbocycles. The molecule has 0 atom stereocenters. The Morgan fingerprint density at radius 1 is 1.12 bits per heavy atom. The Morgan fingerprint density at radius 3 is 2.67 bits per heavy atom. The van der Waals surface area contributed by atoms with Crippen molar-refractivity contribution in [1.29, 1.82) is 0 Å². The molecule has 4 heterocycles.